The number of halogens is 2. The Hall–Kier alpha value is -0.370. The SMILES string of the molecule is Cc1cc(F)ccc1CC(C)(C)C1CCC(C)CC1Br. The van der Waals surface area contributed by atoms with Crippen molar-refractivity contribution in [2.45, 2.75) is 58.2 Å². The van der Waals surface area contributed by atoms with Crippen molar-refractivity contribution in [2.24, 2.45) is 17.3 Å². The second-order valence-electron chi connectivity index (χ2n) is 7.28. The Labute approximate surface area is 131 Å². The Bertz CT molecular complexity index is 466. The molecule has 0 spiro atoms. The molecule has 1 aromatic carbocycles. The molecule has 1 saturated carbocycles. The summed E-state index contributed by atoms with van der Waals surface area (Å²) >= 11 is 3.91. The summed E-state index contributed by atoms with van der Waals surface area (Å²) in [6.07, 6.45) is 4.93. The maximum absolute atomic E-state index is 13.2. The minimum absolute atomic E-state index is 0.131. The summed E-state index contributed by atoms with van der Waals surface area (Å²) in [5.41, 5.74) is 2.61. The molecular formula is C18H26BrF. The molecule has 0 aliphatic heterocycles. The van der Waals surface area contributed by atoms with Crippen molar-refractivity contribution in [1.29, 1.82) is 0 Å². The fourth-order valence-electron chi connectivity index (χ4n) is 3.67. The van der Waals surface area contributed by atoms with Crippen LogP contribution in [-0.2, 0) is 6.42 Å². The van der Waals surface area contributed by atoms with E-state index >= 15 is 0 Å². The van der Waals surface area contributed by atoms with E-state index in [1.807, 2.05) is 13.0 Å². The van der Waals surface area contributed by atoms with Crippen LogP contribution < -0.4 is 0 Å². The number of hydrogen-bond acceptors (Lipinski definition) is 0. The van der Waals surface area contributed by atoms with Gasteiger partial charge < -0.3 is 0 Å². The van der Waals surface area contributed by atoms with Crippen molar-refractivity contribution in [2.75, 3.05) is 0 Å². The topological polar surface area (TPSA) is 0 Å². The van der Waals surface area contributed by atoms with Gasteiger partial charge in [0.15, 0.2) is 0 Å². The minimum Gasteiger partial charge on any atom is -0.207 e. The minimum atomic E-state index is -0.131. The van der Waals surface area contributed by atoms with Gasteiger partial charge in [-0.05, 0) is 66.7 Å². The Kier molecular flexibility index (Phi) is 4.94. The normalized spacial score (nSPS) is 27.6. The lowest BCUT2D eigenvalue weighted by molar-refractivity contribution is 0.146. The lowest BCUT2D eigenvalue weighted by Crippen LogP contribution is -2.37. The van der Waals surface area contributed by atoms with Crippen molar-refractivity contribution in [3.05, 3.63) is 35.1 Å². The van der Waals surface area contributed by atoms with Crippen LogP contribution in [0.4, 0.5) is 4.39 Å². The second-order valence-corrected chi connectivity index (χ2v) is 8.45. The molecular weight excluding hydrogens is 315 g/mol. The Morgan fingerprint density at radius 3 is 2.60 bits per heavy atom. The standard InChI is InChI=1S/C18H26BrF/c1-12-5-8-16(17(19)9-12)18(3,4)11-14-6-7-15(20)10-13(14)2/h6-7,10,12,16-17H,5,8-9,11H2,1-4H3. The fourth-order valence-corrected chi connectivity index (χ4v) is 5.29. The number of aryl methyl sites for hydroxylation is 1. The average Bonchev–Trinajstić information content (AvgIpc) is 2.32. The van der Waals surface area contributed by atoms with Crippen molar-refractivity contribution in [1.82, 2.24) is 0 Å². The van der Waals surface area contributed by atoms with Crippen LogP contribution in [0, 0.1) is 30.0 Å². The van der Waals surface area contributed by atoms with Crippen LogP contribution in [-0.4, -0.2) is 4.83 Å². The molecule has 1 aliphatic rings. The summed E-state index contributed by atoms with van der Waals surface area (Å²) in [6.45, 7) is 9.10. The van der Waals surface area contributed by atoms with Crippen LogP contribution in [0.15, 0.2) is 18.2 Å². The van der Waals surface area contributed by atoms with Crippen LogP contribution in [0.5, 0.6) is 0 Å². The maximum Gasteiger partial charge on any atom is 0.123 e. The maximum atomic E-state index is 13.2. The number of alkyl halides is 1. The van der Waals surface area contributed by atoms with Gasteiger partial charge in [-0.25, -0.2) is 4.39 Å². The van der Waals surface area contributed by atoms with E-state index in [0.717, 1.165) is 17.9 Å². The Morgan fingerprint density at radius 1 is 1.30 bits per heavy atom. The van der Waals surface area contributed by atoms with Crippen LogP contribution >= 0.6 is 15.9 Å². The predicted molar refractivity (Wildman–Crippen MR) is 87.8 cm³/mol. The van der Waals surface area contributed by atoms with Crippen molar-refractivity contribution in [3.8, 4) is 0 Å². The zero-order valence-electron chi connectivity index (χ0n) is 13.0. The van der Waals surface area contributed by atoms with E-state index in [4.69, 9.17) is 0 Å². The van der Waals surface area contributed by atoms with Gasteiger partial charge in [0.05, 0.1) is 0 Å². The average molecular weight is 341 g/mol. The highest BCUT2D eigenvalue weighted by molar-refractivity contribution is 9.09. The van der Waals surface area contributed by atoms with Gasteiger partial charge in [0.25, 0.3) is 0 Å². The molecule has 0 bridgehead atoms. The Balaban J connectivity index is 2.14. The summed E-state index contributed by atoms with van der Waals surface area (Å²) in [4.78, 5) is 0.613. The molecule has 3 unspecified atom stereocenters. The zero-order chi connectivity index (χ0) is 14.9. The van der Waals surface area contributed by atoms with E-state index in [9.17, 15) is 4.39 Å². The zero-order valence-corrected chi connectivity index (χ0v) is 14.6. The number of benzene rings is 1. The highest BCUT2D eigenvalue weighted by Gasteiger charge is 2.37. The summed E-state index contributed by atoms with van der Waals surface area (Å²) in [5, 5.41) is 0. The van der Waals surface area contributed by atoms with Gasteiger partial charge in [-0.15, -0.1) is 0 Å². The molecule has 0 radical (unpaired) electrons. The summed E-state index contributed by atoms with van der Waals surface area (Å²) < 4.78 is 13.2. The van der Waals surface area contributed by atoms with Crippen LogP contribution in [0.3, 0.4) is 0 Å². The molecule has 2 rings (SSSR count). The molecule has 1 aromatic rings. The smallest absolute Gasteiger partial charge is 0.123 e. The third-order valence-corrected chi connectivity index (χ3v) is 6.00. The van der Waals surface area contributed by atoms with E-state index < -0.39 is 0 Å². The largest absolute Gasteiger partial charge is 0.207 e. The quantitative estimate of drug-likeness (QED) is 0.600. The van der Waals surface area contributed by atoms with E-state index in [-0.39, 0.29) is 11.2 Å². The first-order valence-corrected chi connectivity index (χ1v) is 8.60. The van der Waals surface area contributed by atoms with Crippen molar-refractivity contribution >= 4 is 15.9 Å². The van der Waals surface area contributed by atoms with Gasteiger partial charge in [0.2, 0.25) is 0 Å². The van der Waals surface area contributed by atoms with E-state index in [1.165, 1.54) is 24.8 Å². The molecule has 0 saturated heterocycles. The molecule has 1 aliphatic carbocycles. The summed E-state index contributed by atoms with van der Waals surface area (Å²) in [5.74, 6) is 1.40. The first-order chi connectivity index (χ1) is 9.29. The highest BCUT2D eigenvalue weighted by atomic mass is 79.9. The molecule has 0 nitrogen and oxygen atoms in total. The molecule has 0 amide bonds. The molecule has 112 valence electrons. The third kappa shape index (κ3) is 3.63. The molecule has 2 heteroatoms. The van der Waals surface area contributed by atoms with Crippen LogP contribution in [0.25, 0.3) is 0 Å². The molecule has 0 N–H and O–H groups in total. The highest BCUT2D eigenvalue weighted by Crippen LogP contribution is 2.45. The van der Waals surface area contributed by atoms with Crippen molar-refractivity contribution < 1.29 is 4.39 Å². The van der Waals surface area contributed by atoms with E-state index in [2.05, 4.69) is 36.7 Å². The lowest BCUT2D eigenvalue weighted by atomic mass is 9.66. The van der Waals surface area contributed by atoms with Crippen molar-refractivity contribution in [3.63, 3.8) is 0 Å². The van der Waals surface area contributed by atoms with Crippen LogP contribution in [0.2, 0.25) is 0 Å². The number of hydrogen-bond donors (Lipinski definition) is 0. The molecule has 0 heterocycles. The fraction of sp³-hybridized carbons (Fsp3) is 0.667. The summed E-state index contributed by atoms with van der Waals surface area (Å²) in [6, 6.07) is 5.20. The third-order valence-electron chi connectivity index (χ3n) is 4.99. The van der Waals surface area contributed by atoms with Crippen LogP contribution in [0.1, 0.15) is 51.2 Å². The Morgan fingerprint density at radius 2 is 2.00 bits per heavy atom. The molecule has 0 aromatic heterocycles. The van der Waals surface area contributed by atoms with Gasteiger partial charge in [0, 0.05) is 4.83 Å². The molecule has 1 fully saturated rings. The second kappa shape index (κ2) is 6.17. The predicted octanol–water partition coefficient (Wildman–Crippen LogP) is 5.90. The first-order valence-electron chi connectivity index (χ1n) is 7.68. The monoisotopic (exact) mass is 340 g/mol. The lowest BCUT2D eigenvalue weighted by Gasteiger charge is -2.42. The van der Waals surface area contributed by atoms with E-state index in [1.54, 1.807) is 12.1 Å². The molecule has 3 atom stereocenters. The summed E-state index contributed by atoms with van der Waals surface area (Å²) in [7, 11) is 0. The van der Waals surface area contributed by atoms with Gasteiger partial charge in [0.1, 0.15) is 5.82 Å². The van der Waals surface area contributed by atoms with Gasteiger partial charge >= 0.3 is 0 Å². The first kappa shape index (κ1) is 16.0. The molecule has 20 heavy (non-hydrogen) atoms. The van der Waals surface area contributed by atoms with Gasteiger partial charge in [-0.1, -0.05) is 49.2 Å². The number of rotatable bonds is 3. The van der Waals surface area contributed by atoms with E-state index in [0.29, 0.717) is 10.7 Å². The van der Waals surface area contributed by atoms with Gasteiger partial charge in [-0.3, -0.25) is 0 Å². The van der Waals surface area contributed by atoms with Gasteiger partial charge in [-0.2, -0.15) is 0 Å².